The molecule has 170 valence electrons. The van der Waals surface area contributed by atoms with Gasteiger partial charge in [-0.3, -0.25) is 0 Å². The summed E-state index contributed by atoms with van der Waals surface area (Å²) in [6.07, 6.45) is 8.22. The number of aromatic nitrogens is 5. The van der Waals surface area contributed by atoms with E-state index in [9.17, 15) is 4.79 Å². The van der Waals surface area contributed by atoms with Crippen LogP contribution in [0.3, 0.4) is 0 Å². The monoisotopic (exact) mass is 444 g/mol. The maximum Gasteiger partial charge on any atom is 0.318 e. The first-order valence-electron chi connectivity index (χ1n) is 11.1. The number of amides is 2. The number of urea groups is 1. The zero-order valence-electron chi connectivity index (χ0n) is 19.3. The van der Waals surface area contributed by atoms with Crippen LogP contribution in [-0.2, 0) is 0 Å². The van der Waals surface area contributed by atoms with Gasteiger partial charge in [0.2, 0.25) is 0 Å². The van der Waals surface area contributed by atoms with Gasteiger partial charge in [-0.25, -0.2) is 19.7 Å². The Morgan fingerprint density at radius 2 is 2.03 bits per heavy atom. The van der Waals surface area contributed by atoms with Gasteiger partial charge in [0.1, 0.15) is 17.8 Å². The first-order valence-corrected chi connectivity index (χ1v) is 11.1. The number of H-pyrrole nitrogens is 1. The Balaban J connectivity index is 1.37. The molecule has 0 saturated heterocycles. The van der Waals surface area contributed by atoms with Gasteiger partial charge in [0.05, 0.1) is 22.9 Å². The molecule has 0 fully saturated rings. The van der Waals surface area contributed by atoms with Crippen LogP contribution in [-0.4, -0.2) is 53.9 Å². The number of nitrogens with zero attached hydrogens (tertiary/aromatic N) is 5. The lowest BCUT2D eigenvalue weighted by molar-refractivity contribution is 0.193. The highest BCUT2D eigenvalue weighted by Gasteiger charge is 2.22. The summed E-state index contributed by atoms with van der Waals surface area (Å²) in [7, 11) is 0. The molecule has 4 aromatic heterocycles. The van der Waals surface area contributed by atoms with Crippen molar-refractivity contribution in [1.82, 2.24) is 34.6 Å². The van der Waals surface area contributed by atoms with Gasteiger partial charge in [0.25, 0.3) is 0 Å². The molecule has 0 saturated carbocycles. The molecule has 0 unspecified atom stereocenters. The Bertz CT molecular complexity index is 1370. The van der Waals surface area contributed by atoms with Crippen molar-refractivity contribution in [3.8, 4) is 0 Å². The van der Waals surface area contributed by atoms with E-state index in [1.807, 2.05) is 55.6 Å². The lowest BCUT2D eigenvalue weighted by atomic mass is 10.0. The van der Waals surface area contributed by atoms with Gasteiger partial charge in [-0.05, 0) is 57.9 Å². The van der Waals surface area contributed by atoms with E-state index in [4.69, 9.17) is 0 Å². The molecule has 0 radical (unpaired) electrons. The first kappa shape index (κ1) is 21.0. The second-order valence-electron chi connectivity index (χ2n) is 9.44. The molecular formula is C24H28N8O. The molecule has 9 heteroatoms. The molecule has 1 aliphatic rings. The molecule has 0 aliphatic carbocycles. The maximum atomic E-state index is 12.4. The Labute approximate surface area is 191 Å². The second-order valence-corrected chi connectivity index (χ2v) is 9.44. The number of imidazole rings is 1. The third kappa shape index (κ3) is 4.26. The maximum absolute atomic E-state index is 12.4. The van der Waals surface area contributed by atoms with Crippen LogP contribution < -0.4 is 10.6 Å². The van der Waals surface area contributed by atoms with Crippen LogP contribution in [0.4, 0.5) is 16.3 Å². The number of pyridine rings is 1. The van der Waals surface area contributed by atoms with Gasteiger partial charge in [0, 0.05) is 36.2 Å². The van der Waals surface area contributed by atoms with Gasteiger partial charge in [-0.15, -0.1) is 0 Å². The largest absolute Gasteiger partial charge is 0.339 e. The summed E-state index contributed by atoms with van der Waals surface area (Å²) < 4.78 is 1.99. The molecule has 5 heterocycles. The molecule has 4 aromatic rings. The van der Waals surface area contributed by atoms with Crippen LogP contribution in [0.15, 0.2) is 43.1 Å². The van der Waals surface area contributed by atoms with Crippen molar-refractivity contribution >= 4 is 39.7 Å². The van der Waals surface area contributed by atoms with E-state index in [1.54, 1.807) is 6.33 Å². The van der Waals surface area contributed by atoms with Crippen LogP contribution in [0.1, 0.15) is 38.6 Å². The van der Waals surface area contributed by atoms with E-state index in [0.29, 0.717) is 13.1 Å². The summed E-state index contributed by atoms with van der Waals surface area (Å²) in [4.78, 5) is 30.9. The van der Waals surface area contributed by atoms with Crippen molar-refractivity contribution < 1.29 is 4.79 Å². The summed E-state index contributed by atoms with van der Waals surface area (Å²) in [5.74, 6) is 0.742. The molecule has 0 aromatic carbocycles. The van der Waals surface area contributed by atoms with E-state index < -0.39 is 0 Å². The number of rotatable bonds is 3. The summed E-state index contributed by atoms with van der Waals surface area (Å²) in [6, 6.07) is 6.11. The Kier molecular flexibility index (Phi) is 5.03. The Morgan fingerprint density at radius 3 is 2.79 bits per heavy atom. The number of hydrogen-bond acceptors (Lipinski definition) is 5. The van der Waals surface area contributed by atoms with Crippen molar-refractivity contribution in [3.63, 3.8) is 0 Å². The Hall–Kier alpha value is -3.88. The highest BCUT2D eigenvalue weighted by atomic mass is 16.2. The molecular weight excluding hydrogens is 416 g/mol. The van der Waals surface area contributed by atoms with E-state index in [1.165, 1.54) is 5.57 Å². The van der Waals surface area contributed by atoms with Crippen LogP contribution in [0, 0.1) is 6.92 Å². The fourth-order valence-electron chi connectivity index (χ4n) is 4.04. The third-order valence-electron chi connectivity index (χ3n) is 5.74. The number of aryl methyl sites for hydroxylation is 1. The molecule has 0 spiro atoms. The van der Waals surface area contributed by atoms with Crippen LogP contribution in [0.2, 0.25) is 0 Å². The normalized spacial score (nSPS) is 14.5. The number of aromatic amines is 1. The van der Waals surface area contributed by atoms with Crippen molar-refractivity contribution in [2.45, 2.75) is 39.7 Å². The van der Waals surface area contributed by atoms with Crippen molar-refractivity contribution in [2.75, 3.05) is 18.4 Å². The topological polar surface area (TPSA) is 103 Å². The molecule has 5 rings (SSSR count). The molecule has 0 atom stereocenters. The highest BCUT2D eigenvalue weighted by molar-refractivity contribution is 5.92. The molecule has 9 nitrogen and oxygen atoms in total. The molecule has 3 N–H and O–H groups in total. The zero-order valence-corrected chi connectivity index (χ0v) is 19.3. The molecule has 33 heavy (non-hydrogen) atoms. The van der Waals surface area contributed by atoms with Crippen molar-refractivity contribution in [1.29, 1.82) is 0 Å². The first-order chi connectivity index (χ1) is 15.8. The fraction of sp³-hybridized carbons (Fsp3) is 0.333. The molecule has 0 bridgehead atoms. The van der Waals surface area contributed by atoms with E-state index in [0.717, 1.165) is 45.9 Å². The van der Waals surface area contributed by atoms with E-state index in [-0.39, 0.29) is 11.6 Å². The second kappa shape index (κ2) is 7.91. The number of nitrogens with one attached hydrogen (secondary N) is 3. The average Bonchev–Trinajstić information content (AvgIpc) is 3.37. The van der Waals surface area contributed by atoms with E-state index in [2.05, 4.69) is 48.8 Å². The number of fused-ring (bicyclic) bond motifs is 2. The number of carbonyl (C=O) groups is 1. The van der Waals surface area contributed by atoms with Gasteiger partial charge in [0.15, 0.2) is 0 Å². The van der Waals surface area contributed by atoms with Gasteiger partial charge < -0.3 is 24.9 Å². The Morgan fingerprint density at radius 1 is 1.18 bits per heavy atom. The SMILES string of the molecule is Cc1ncn2ccc(Nc3ncnc4[nH]c(C5=CCN(C(=O)NC(C)(C)C)CC5)cc34)cc12. The van der Waals surface area contributed by atoms with Crippen LogP contribution in [0.25, 0.3) is 22.1 Å². The zero-order chi connectivity index (χ0) is 23.2. The fourth-order valence-corrected chi connectivity index (χ4v) is 4.04. The standard InChI is InChI=1S/C24H28N8O/c1-15-20-11-17(7-10-32(20)14-27-15)28-21-18-12-19(29-22(18)26-13-25-21)16-5-8-31(9-6-16)23(33)30-24(2,3)4/h5,7,10-14H,6,8-9H2,1-4H3,(H,30,33)(H2,25,26,28,29). The van der Waals surface area contributed by atoms with Crippen LogP contribution >= 0.6 is 0 Å². The third-order valence-corrected chi connectivity index (χ3v) is 5.74. The predicted octanol–water partition coefficient (Wildman–Crippen LogP) is 4.25. The average molecular weight is 445 g/mol. The number of anilines is 2. The lowest BCUT2D eigenvalue weighted by Crippen LogP contribution is -2.49. The summed E-state index contributed by atoms with van der Waals surface area (Å²) in [6.45, 7) is 9.21. The van der Waals surface area contributed by atoms with Crippen molar-refractivity contribution in [3.05, 3.63) is 54.5 Å². The number of carbonyl (C=O) groups excluding carboxylic acids is 1. The highest BCUT2D eigenvalue weighted by Crippen LogP contribution is 2.29. The van der Waals surface area contributed by atoms with Crippen molar-refractivity contribution in [2.24, 2.45) is 0 Å². The molecule has 2 amide bonds. The summed E-state index contributed by atoms with van der Waals surface area (Å²) in [5.41, 5.74) is 5.67. The minimum absolute atomic E-state index is 0.0304. The van der Waals surface area contributed by atoms with Crippen LogP contribution in [0.5, 0.6) is 0 Å². The number of hydrogen-bond donors (Lipinski definition) is 3. The predicted molar refractivity (Wildman–Crippen MR) is 130 cm³/mol. The van der Waals surface area contributed by atoms with E-state index >= 15 is 0 Å². The van der Waals surface area contributed by atoms with Gasteiger partial charge in [-0.2, -0.15) is 0 Å². The summed E-state index contributed by atoms with van der Waals surface area (Å²) in [5, 5.41) is 7.37. The smallest absolute Gasteiger partial charge is 0.318 e. The summed E-state index contributed by atoms with van der Waals surface area (Å²) >= 11 is 0. The molecule has 1 aliphatic heterocycles. The minimum atomic E-state index is -0.248. The quantitative estimate of drug-likeness (QED) is 0.438. The van der Waals surface area contributed by atoms with Gasteiger partial charge in [-0.1, -0.05) is 6.08 Å². The van der Waals surface area contributed by atoms with Gasteiger partial charge >= 0.3 is 6.03 Å². The lowest BCUT2D eigenvalue weighted by Gasteiger charge is -2.30. The minimum Gasteiger partial charge on any atom is -0.339 e.